The Morgan fingerprint density at radius 3 is 0.421 bits per heavy atom. The van der Waals surface area contributed by atoms with Crippen LogP contribution in [0.15, 0.2) is 109 Å². The molecule has 0 saturated carbocycles. The maximum absolute atomic E-state index is 13.2. The van der Waals surface area contributed by atoms with Crippen molar-refractivity contribution in [3.63, 3.8) is 0 Å². The average Bonchev–Trinajstić information content (AvgIpc) is 0.795. The van der Waals surface area contributed by atoms with Gasteiger partial charge in [0.25, 0.3) is 0 Å². The summed E-state index contributed by atoms with van der Waals surface area (Å²) in [5.41, 5.74) is 10.00. The van der Waals surface area contributed by atoms with Crippen LogP contribution in [0.1, 0.15) is 150 Å². The van der Waals surface area contributed by atoms with E-state index in [4.69, 9.17) is 56.8 Å². The van der Waals surface area contributed by atoms with Crippen molar-refractivity contribution in [3.8, 4) is 34.5 Å². The molecule has 0 unspecified atom stereocenters. The zero-order valence-electron chi connectivity index (χ0n) is 69.9. The van der Waals surface area contributed by atoms with Gasteiger partial charge >= 0.3 is 0 Å². The van der Waals surface area contributed by atoms with Crippen LogP contribution in [0.2, 0.25) is 0 Å². The standard InChI is InChI=1S/C90H126N6O18/c1-13-91(14-2)79(97)61-103-43-49-109-85-67-31-25-32-68(85)56-70-34-27-36-72(87(70)111-51-45-105-63-81(99)93(17-5)18-6)58-74-38-29-40-76(89(74)113-53-47-107-65-83(101)95(21-9)22-10)60-78-42-30-41-77(90(78)114-54-48-108-66-84(102)96(23-11)24-12)59-75-39-28-37-73(88(75)112-52-46-106-64-82(100)94(19-7)20-8)57-71-35-26-33-69(55-67)86(71)110-50-44-104-62-80(98)92(15-3)16-4/h25-42H,13-24,43-66H2,1-12H3. The maximum Gasteiger partial charge on any atom is 0.248 e. The van der Waals surface area contributed by atoms with Gasteiger partial charge in [-0.3, -0.25) is 28.8 Å². The second-order valence-electron chi connectivity index (χ2n) is 27.3. The lowest BCUT2D eigenvalue weighted by Gasteiger charge is -2.23. The lowest BCUT2D eigenvalue weighted by Crippen LogP contribution is -2.34. The van der Waals surface area contributed by atoms with Gasteiger partial charge in [-0.05, 0) is 150 Å². The summed E-state index contributed by atoms with van der Waals surface area (Å²) >= 11 is 0. The van der Waals surface area contributed by atoms with Gasteiger partial charge in [-0.2, -0.15) is 0 Å². The highest BCUT2D eigenvalue weighted by Gasteiger charge is 2.26. The number of ether oxygens (including phenoxy) is 12. The normalized spacial score (nSPS) is 11.9. The first-order chi connectivity index (χ1) is 55.5. The van der Waals surface area contributed by atoms with Gasteiger partial charge in [0, 0.05) is 117 Å². The minimum atomic E-state index is -0.114. The van der Waals surface area contributed by atoms with Gasteiger partial charge in [0.2, 0.25) is 35.4 Å². The summed E-state index contributed by atoms with van der Waals surface area (Å²) < 4.78 is 78.2. The molecule has 6 aromatic carbocycles. The smallest absolute Gasteiger partial charge is 0.248 e. The molecule has 114 heavy (non-hydrogen) atoms. The van der Waals surface area contributed by atoms with Gasteiger partial charge in [-0.15, -0.1) is 0 Å². The van der Waals surface area contributed by atoms with Gasteiger partial charge in [-0.1, -0.05) is 109 Å². The van der Waals surface area contributed by atoms with Crippen molar-refractivity contribution in [1.82, 2.24) is 29.4 Å². The SMILES string of the molecule is CCN(CC)C(=O)COCCOc1c2cccc1Cc1cccc(c1OCCOCC(=O)N(CC)CC)Cc1cccc(c1OCCOCC(=O)N(CC)CC)Cc1cccc(c1OCCOCC(=O)N(CC)CC)Cc1cccc(c1OCCOCC(=O)N(CC)CC)Cc1cccc(c1OCCOCC(=O)N(CC)CC)C2. The number of hydrogen-bond donors (Lipinski definition) is 0. The third-order valence-electron chi connectivity index (χ3n) is 20.2. The molecule has 0 radical (unpaired) electrons. The molecule has 24 heteroatoms. The van der Waals surface area contributed by atoms with Crippen LogP contribution in [0.3, 0.4) is 0 Å². The number of carbonyl (C=O) groups is 6. The van der Waals surface area contributed by atoms with E-state index >= 15 is 0 Å². The number of rotatable bonds is 48. The van der Waals surface area contributed by atoms with Crippen LogP contribution >= 0.6 is 0 Å². The average molecular weight is 1580 g/mol. The molecule has 0 spiro atoms. The molecule has 0 saturated heterocycles. The highest BCUT2D eigenvalue weighted by atomic mass is 16.6. The Kier molecular flexibility index (Phi) is 41.0. The molecule has 1 aliphatic rings. The summed E-state index contributed by atoms with van der Waals surface area (Å²) in [4.78, 5) is 89.7. The van der Waals surface area contributed by atoms with Crippen LogP contribution < -0.4 is 28.4 Å². The van der Waals surface area contributed by atoms with E-state index < -0.39 is 0 Å². The highest BCUT2D eigenvalue weighted by molar-refractivity contribution is 5.79. The molecule has 0 aromatic heterocycles. The Labute approximate surface area is 676 Å². The second-order valence-corrected chi connectivity index (χ2v) is 27.3. The van der Waals surface area contributed by atoms with Crippen molar-refractivity contribution in [3.05, 3.63) is 176 Å². The van der Waals surface area contributed by atoms with E-state index in [0.29, 0.717) is 152 Å². The third kappa shape index (κ3) is 28.0. The van der Waals surface area contributed by atoms with Gasteiger partial charge < -0.3 is 86.2 Å². The van der Waals surface area contributed by atoms with E-state index in [0.717, 1.165) is 66.8 Å². The number of benzene rings is 6. The van der Waals surface area contributed by atoms with Crippen molar-refractivity contribution in [1.29, 1.82) is 0 Å². The number of para-hydroxylation sites is 6. The van der Waals surface area contributed by atoms with Crippen LogP contribution in [-0.2, 0) is 95.7 Å². The Balaban J connectivity index is 1.45. The number of fused-ring (bicyclic) bond motifs is 12. The van der Waals surface area contributed by atoms with E-state index in [2.05, 4.69) is 0 Å². The summed E-state index contributed by atoms with van der Waals surface area (Å²) in [5.74, 6) is 2.94. The molecule has 624 valence electrons. The second kappa shape index (κ2) is 50.8. The van der Waals surface area contributed by atoms with Crippen LogP contribution in [0.5, 0.6) is 34.5 Å². The van der Waals surface area contributed by atoms with Crippen molar-refractivity contribution >= 4 is 35.4 Å². The predicted octanol–water partition coefficient (Wildman–Crippen LogP) is 11.1. The maximum atomic E-state index is 13.2. The molecular formula is C90H126N6O18. The topological polar surface area (TPSA) is 233 Å². The molecule has 6 amide bonds. The van der Waals surface area contributed by atoms with Crippen LogP contribution in [-0.4, -0.2) is 262 Å². The molecule has 0 fully saturated rings. The minimum absolute atomic E-state index is 0.104. The van der Waals surface area contributed by atoms with E-state index in [9.17, 15) is 28.8 Å². The molecular weight excluding hydrogens is 1450 g/mol. The number of hydrogen-bond acceptors (Lipinski definition) is 18. The molecule has 24 nitrogen and oxygen atoms in total. The minimum Gasteiger partial charge on any atom is -0.491 e. The number of carbonyl (C=O) groups excluding carboxylic acids is 6. The van der Waals surface area contributed by atoms with Gasteiger partial charge in [-0.25, -0.2) is 0 Å². The highest BCUT2D eigenvalue weighted by Crippen LogP contribution is 2.41. The van der Waals surface area contributed by atoms with Crippen LogP contribution in [0.25, 0.3) is 0 Å². The van der Waals surface area contributed by atoms with Crippen molar-refractivity contribution in [2.45, 2.75) is 122 Å². The Morgan fingerprint density at radius 1 is 0.202 bits per heavy atom. The van der Waals surface area contributed by atoms with E-state index in [1.54, 1.807) is 29.4 Å². The van der Waals surface area contributed by atoms with Crippen LogP contribution in [0, 0.1) is 0 Å². The quantitative estimate of drug-likeness (QED) is 0.0323. The fourth-order valence-corrected chi connectivity index (χ4v) is 14.0. The van der Waals surface area contributed by atoms with Crippen molar-refractivity contribution < 1.29 is 85.6 Å². The molecule has 6 aromatic rings. The monoisotopic (exact) mass is 1580 g/mol. The summed E-state index contributed by atoms with van der Waals surface area (Å²) in [7, 11) is 0. The molecule has 12 bridgehead atoms. The van der Waals surface area contributed by atoms with Crippen LogP contribution in [0.4, 0.5) is 0 Å². The summed E-state index contributed by atoms with van der Waals surface area (Å²) in [6, 6.07) is 36.6. The number of amides is 6. The third-order valence-corrected chi connectivity index (χ3v) is 20.2. The fourth-order valence-electron chi connectivity index (χ4n) is 14.0. The lowest BCUT2D eigenvalue weighted by molar-refractivity contribution is -0.136. The summed E-state index contributed by atoms with van der Waals surface area (Å²) in [5, 5.41) is 0. The predicted molar refractivity (Wildman–Crippen MR) is 441 cm³/mol. The zero-order chi connectivity index (χ0) is 82.0. The Bertz CT molecular complexity index is 3170. The van der Waals surface area contributed by atoms with Crippen molar-refractivity contribution in [2.75, 3.05) is 197 Å². The largest absolute Gasteiger partial charge is 0.491 e. The van der Waals surface area contributed by atoms with E-state index in [-0.39, 0.29) is 154 Å². The van der Waals surface area contributed by atoms with E-state index in [1.807, 2.05) is 192 Å². The number of nitrogens with zero attached hydrogens (tertiary/aromatic N) is 6. The molecule has 0 heterocycles. The van der Waals surface area contributed by atoms with Gasteiger partial charge in [0.15, 0.2) is 0 Å². The Hall–Kier alpha value is -9.30. The summed E-state index contributed by atoms with van der Waals surface area (Å²) in [6.45, 7) is 30.7. The first-order valence-electron chi connectivity index (χ1n) is 41.1. The van der Waals surface area contributed by atoms with Gasteiger partial charge in [0.05, 0.1) is 39.6 Å². The molecule has 0 N–H and O–H groups in total. The number of likely N-dealkylation sites (N-methyl/N-ethyl adjacent to an activating group) is 6. The molecule has 7 rings (SSSR count). The van der Waals surface area contributed by atoms with Gasteiger partial charge in [0.1, 0.15) is 114 Å². The fraction of sp³-hybridized carbons (Fsp3) is 0.533. The molecule has 0 aliphatic heterocycles. The van der Waals surface area contributed by atoms with Crippen molar-refractivity contribution in [2.24, 2.45) is 0 Å². The molecule has 0 atom stereocenters. The lowest BCUT2D eigenvalue weighted by atomic mass is 9.91. The first kappa shape index (κ1) is 91.9. The first-order valence-corrected chi connectivity index (χ1v) is 41.1. The summed E-state index contributed by atoms with van der Waals surface area (Å²) in [6.07, 6.45) is 1.93. The van der Waals surface area contributed by atoms with E-state index in [1.165, 1.54) is 0 Å². The molecule has 1 aliphatic carbocycles. The Morgan fingerprint density at radius 2 is 0.316 bits per heavy atom. The zero-order valence-corrected chi connectivity index (χ0v) is 69.9.